The van der Waals surface area contributed by atoms with Crippen molar-refractivity contribution < 1.29 is 12.8 Å². The minimum Gasteiger partial charge on any atom is -0.447 e. The van der Waals surface area contributed by atoms with Gasteiger partial charge in [-0.25, -0.2) is 13.1 Å². The van der Waals surface area contributed by atoms with Gasteiger partial charge in [-0.2, -0.15) is 23.5 Å². The highest BCUT2D eigenvalue weighted by Gasteiger charge is 2.22. The topological polar surface area (TPSA) is 71.3 Å². The molecule has 1 aliphatic heterocycles. The van der Waals surface area contributed by atoms with Crippen LogP contribution in [-0.4, -0.2) is 44.0 Å². The van der Waals surface area contributed by atoms with Crippen LogP contribution >= 0.6 is 23.5 Å². The first-order valence-corrected chi connectivity index (χ1v) is 10.3. The minimum atomic E-state index is -3.53. The van der Waals surface area contributed by atoms with Gasteiger partial charge in [-0.15, -0.1) is 0 Å². The fourth-order valence-corrected chi connectivity index (χ4v) is 5.52. The van der Waals surface area contributed by atoms with Gasteiger partial charge in [-0.1, -0.05) is 6.92 Å². The monoisotopic (exact) mass is 336 g/mol. The zero-order valence-corrected chi connectivity index (χ0v) is 13.9. The van der Waals surface area contributed by atoms with E-state index in [-0.39, 0.29) is 5.09 Å². The van der Waals surface area contributed by atoms with Crippen molar-refractivity contribution in [1.82, 2.24) is 10.0 Å². The van der Waals surface area contributed by atoms with Crippen LogP contribution in [0.25, 0.3) is 0 Å². The van der Waals surface area contributed by atoms with Gasteiger partial charge in [0.15, 0.2) is 0 Å². The van der Waals surface area contributed by atoms with E-state index in [0.29, 0.717) is 24.1 Å². The highest BCUT2D eigenvalue weighted by atomic mass is 32.2. The molecule has 20 heavy (non-hydrogen) atoms. The van der Waals surface area contributed by atoms with Crippen LogP contribution in [0.5, 0.6) is 0 Å². The lowest BCUT2D eigenvalue weighted by molar-refractivity contribution is 0.401. The maximum atomic E-state index is 12.1. The van der Waals surface area contributed by atoms with E-state index in [4.69, 9.17) is 4.42 Å². The average Bonchev–Trinajstić information content (AvgIpc) is 2.94. The predicted octanol–water partition coefficient (Wildman–Crippen LogP) is 1.52. The molecule has 1 saturated heterocycles. The Labute approximate surface area is 128 Å². The second-order valence-corrected chi connectivity index (χ2v) is 8.68. The van der Waals surface area contributed by atoms with Gasteiger partial charge >= 0.3 is 0 Å². The lowest BCUT2D eigenvalue weighted by Gasteiger charge is -2.20. The molecule has 1 fully saturated rings. The van der Waals surface area contributed by atoms with Gasteiger partial charge in [0.2, 0.25) is 5.09 Å². The molecule has 2 N–H and O–H groups in total. The highest BCUT2D eigenvalue weighted by Crippen LogP contribution is 2.24. The van der Waals surface area contributed by atoms with Crippen LogP contribution in [0.15, 0.2) is 21.6 Å². The van der Waals surface area contributed by atoms with Crippen molar-refractivity contribution in [2.75, 3.05) is 30.3 Å². The maximum Gasteiger partial charge on any atom is 0.273 e. The molecule has 114 valence electrons. The quantitative estimate of drug-likeness (QED) is 0.787. The molecule has 1 unspecified atom stereocenters. The van der Waals surface area contributed by atoms with Crippen LogP contribution in [0.3, 0.4) is 0 Å². The first-order chi connectivity index (χ1) is 9.62. The summed E-state index contributed by atoms with van der Waals surface area (Å²) < 4.78 is 32.2. The first kappa shape index (κ1) is 16.2. The van der Waals surface area contributed by atoms with Gasteiger partial charge in [0, 0.05) is 29.1 Å². The van der Waals surface area contributed by atoms with Crippen molar-refractivity contribution in [3.63, 3.8) is 0 Å². The van der Waals surface area contributed by atoms with Gasteiger partial charge in [0.1, 0.15) is 5.76 Å². The lowest BCUT2D eigenvalue weighted by atomic mass is 10.4. The lowest BCUT2D eigenvalue weighted by Crippen LogP contribution is -2.33. The summed E-state index contributed by atoms with van der Waals surface area (Å²) >= 11 is 3.70. The van der Waals surface area contributed by atoms with Crippen molar-refractivity contribution in [2.45, 2.75) is 23.8 Å². The zero-order valence-electron chi connectivity index (χ0n) is 11.4. The summed E-state index contributed by atoms with van der Waals surface area (Å²) in [6.07, 6.45) is 0. The van der Waals surface area contributed by atoms with E-state index >= 15 is 0 Å². The normalized spacial score (nSPS) is 20.1. The third-order valence-electron chi connectivity index (χ3n) is 2.84. The third kappa shape index (κ3) is 4.70. The zero-order chi connectivity index (χ0) is 14.4. The summed E-state index contributed by atoms with van der Waals surface area (Å²) in [5.41, 5.74) is 0. The van der Waals surface area contributed by atoms with Gasteiger partial charge in [-0.3, -0.25) is 0 Å². The van der Waals surface area contributed by atoms with E-state index in [1.807, 2.05) is 30.4 Å². The molecule has 0 bridgehead atoms. The maximum absolute atomic E-state index is 12.1. The Kier molecular flexibility index (Phi) is 6.28. The van der Waals surface area contributed by atoms with Gasteiger partial charge in [0.05, 0.1) is 6.54 Å². The molecule has 0 radical (unpaired) electrons. The molecule has 2 rings (SSSR count). The summed E-state index contributed by atoms with van der Waals surface area (Å²) in [4.78, 5) is 0. The molecule has 0 aliphatic carbocycles. The van der Waals surface area contributed by atoms with E-state index in [1.54, 1.807) is 6.07 Å². The highest BCUT2D eigenvalue weighted by molar-refractivity contribution is 8.06. The summed E-state index contributed by atoms with van der Waals surface area (Å²) in [6, 6.07) is 3.21. The van der Waals surface area contributed by atoms with Crippen molar-refractivity contribution in [2.24, 2.45) is 0 Å². The summed E-state index contributed by atoms with van der Waals surface area (Å²) in [5.74, 6) is 3.87. The number of sulfonamides is 1. The molecule has 0 amide bonds. The molecule has 2 heterocycles. The Morgan fingerprint density at radius 1 is 1.40 bits per heavy atom. The molecule has 1 atom stereocenters. The molecular weight excluding hydrogens is 316 g/mol. The van der Waals surface area contributed by atoms with Gasteiger partial charge in [-0.05, 0) is 18.7 Å². The van der Waals surface area contributed by atoms with E-state index in [2.05, 4.69) is 10.0 Å². The molecule has 8 heteroatoms. The summed E-state index contributed by atoms with van der Waals surface area (Å²) in [5, 5.41) is 3.44. The number of hydrogen-bond donors (Lipinski definition) is 2. The third-order valence-corrected chi connectivity index (χ3v) is 6.98. The van der Waals surface area contributed by atoms with E-state index < -0.39 is 10.0 Å². The molecule has 1 aromatic heterocycles. The van der Waals surface area contributed by atoms with Gasteiger partial charge in [0.25, 0.3) is 10.0 Å². The van der Waals surface area contributed by atoms with Crippen LogP contribution in [0.2, 0.25) is 0 Å². The van der Waals surface area contributed by atoms with Crippen LogP contribution < -0.4 is 10.0 Å². The second kappa shape index (κ2) is 7.74. The standard InChI is InChI=1S/C12H20N2O3S3/c1-2-13-7-10-3-4-12(17-10)20(15,16)14-8-11-9-18-5-6-19-11/h3-4,11,13-14H,2,5-9H2,1H3. The summed E-state index contributed by atoms with van der Waals surface area (Å²) in [7, 11) is -3.53. The van der Waals surface area contributed by atoms with Crippen LogP contribution in [0.1, 0.15) is 12.7 Å². The number of rotatable bonds is 7. The number of furan rings is 1. The second-order valence-electron chi connectivity index (χ2n) is 4.42. The molecular formula is C12H20N2O3S3. The Morgan fingerprint density at radius 3 is 2.95 bits per heavy atom. The Morgan fingerprint density at radius 2 is 2.25 bits per heavy atom. The SMILES string of the molecule is CCNCc1ccc(S(=O)(=O)NCC2CSCCS2)o1. The number of hydrogen-bond acceptors (Lipinski definition) is 6. The van der Waals surface area contributed by atoms with Crippen molar-refractivity contribution in [3.05, 3.63) is 17.9 Å². The number of thioether (sulfide) groups is 2. The summed E-state index contributed by atoms with van der Waals surface area (Å²) in [6.45, 7) is 3.81. The minimum absolute atomic E-state index is 0.00105. The van der Waals surface area contributed by atoms with Gasteiger partial charge < -0.3 is 9.73 Å². The van der Waals surface area contributed by atoms with Crippen LogP contribution in [0.4, 0.5) is 0 Å². The fraction of sp³-hybridized carbons (Fsp3) is 0.667. The fourth-order valence-electron chi connectivity index (χ4n) is 1.77. The predicted molar refractivity (Wildman–Crippen MR) is 84.8 cm³/mol. The molecule has 0 aromatic carbocycles. The Bertz CT molecular complexity index is 510. The number of nitrogens with one attached hydrogen (secondary N) is 2. The molecule has 0 spiro atoms. The van der Waals surface area contributed by atoms with Crippen molar-refractivity contribution in [1.29, 1.82) is 0 Å². The Balaban J connectivity index is 1.90. The van der Waals surface area contributed by atoms with Crippen molar-refractivity contribution in [3.8, 4) is 0 Å². The molecule has 0 saturated carbocycles. The largest absolute Gasteiger partial charge is 0.447 e. The molecule has 1 aliphatic rings. The smallest absolute Gasteiger partial charge is 0.273 e. The molecule has 1 aromatic rings. The van der Waals surface area contributed by atoms with Crippen LogP contribution in [-0.2, 0) is 16.6 Å². The van der Waals surface area contributed by atoms with Crippen molar-refractivity contribution >= 4 is 33.5 Å². The first-order valence-electron chi connectivity index (χ1n) is 6.60. The molecule has 5 nitrogen and oxygen atoms in total. The van der Waals surface area contributed by atoms with E-state index in [9.17, 15) is 8.42 Å². The van der Waals surface area contributed by atoms with E-state index in [0.717, 1.165) is 23.8 Å². The van der Waals surface area contributed by atoms with Crippen LogP contribution in [0, 0.1) is 0 Å². The van der Waals surface area contributed by atoms with E-state index in [1.165, 1.54) is 6.07 Å². The average molecular weight is 337 g/mol. The Hall–Kier alpha value is -0.150.